The average molecular weight is 383 g/mol. The topological polar surface area (TPSA) is 70.6 Å². The van der Waals surface area contributed by atoms with E-state index in [-0.39, 0.29) is 11.3 Å². The first-order valence-electron chi connectivity index (χ1n) is 6.15. The van der Waals surface area contributed by atoms with Crippen LogP contribution in [0, 0.1) is 5.41 Å². The largest absolute Gasteiger partial charge is 0.409 e. The van der Waals surface area contributed by atoms with Crippen LogP contribution >= 0.6 is 39.1 Å². The lowest BCUT2D eigenvalue weighted by molar-refractivity contribution is 0.305. The number of nitrogens with zero attached hydrogens (tertiary/aromatic N) is 1. The fourth-order valence-electron chi connectivity index (χ4n) is 1.68. The van der Waals surface area contributed by atoms with Gasteiger partial charge < -0.3 is 16.3 Å². The maximum Gasteiger partial charge on any atom is 0.144 e. The molecule has 0 aliphatic rings. The number of halogens is 3. The predicted molar refractivity (Wildman–Crippen MR) is 89.1 cm³/mol. The number of hydrogen-bond donors (Lipinski definition) is 3. The van der Waals surface area contributed by atoms with Gasteiger partial charge in [0.15, 0.2) is 0 Å². The second-order valence-corrected chi connectivity index (χ2v) is 6.73. The van der Waals surface area contributed by atoms with Crippen molar-refractivity contribution >= 4 is 50.7 Å². The molecule has 112 valence electrons. The minimum absolute atomic E-state index is 0.238. The van der Waals surface area contributed by atoms with Crippen LogP contribution in [0.25, 0.3) is 0 Å². The number of oxime groups is 1. The maximum absolute atomic E-state index is 8.71. The molecule has 7 heteroatoms. The lowest BCUT2D eigenvalue weighted by Gasteiger charge is -2.22. The minimum Gasteiger partial charge on any atom is -0.409 e. The molecule has 0 bridgehead atoms. The van der Waals surface area contributed by atoms with Gasteiger partial charge in [0.2, 0.25) is 0 Å². The molecule has 0 atom stereocenters. The summed E-state index contributed by atoms with van der Waals surface area (Å²) in [5.74, 6) is 0.238. The number of rotatable bonds is 6. The van der Waals surface area contributed by atoms with Gasteiger partial charge in [-0.25, -0.2) is 0 Å². The van der Waals surface area contributed by atoms with E-state index in [0.29, 0.717) is 10.0 Å². The molecular weight excluding hydrogens is 365 g/mol. The van der Waals surface area contributed by atoms with E-state index in [9.17, 15) is 0 Å². The van der Waals surface area contributed by atoms with Crippen molar-refractivity contribution in [3.05, 3.63) is 26.7 Å². The number of anilines is 1. The SMILES string of the molecule is CC(C)(CCCNc1ccc(Br)c(Cl)c1Cl)/C(N)=N/O. The lowest BCUT2D eigenvalue weighted by Crippen LogP contribution is -2.32. The second kappa shape index (κ2) is 7.38. The maximum atomic E-state index is 8.71. The summed E-state index contributed by atoms with van der Waals surface area (Å²) in [6.07, 6.45) is 1.64. The highest BCUT2D eigenvalue weighted by atomic mass is 79.9. The monoisotopic (exact) mass is 381 g/mol. The number of hydrogen-bond acceptors (Lipinski definition) is 3. The van der Waals surface area contributed by atoms with Crippen molar-refractivity contribution in [2.45, 2.75) is 26.7 Å². The van der Waals surface area contributed by atoms with Crippen LogP contribution < -0.4 is 11.1 Å². The molecule has 0 unspecified atom stereocenters. The normalized spacial score (nSPS) is 12.6. The van der Waals surface area contributed by atoms with Gasteiger partial charge >= 0.3 is 0 Å². The van der Waals surface area contributed by atoms with Crippen molar-refractivity contribution in [1.29, 1.82) is 0 Å². The molecule has 4 nitrogen and oxygen atoms in total. The van der Waals surface area contributed by atoms with Crippen LogP contribution in [-0.2, 0) is 0 Å². The molecule has 0 aliphatic carbocycles. The summed E-state index contributed by atoms with van der Waals surface area (Å²) < 4.78 is 0.766. The van der Waals surface area contributed by atoms with Gasteiger partial charge in [0.1, 0.15) is 5.84 Å². The minimum atomic E-state index is -0.336. The van der Waals surface area contributed by atoms with Crippen LogP contribution in [-0.4, -0.2) is 17.6 Å². The zero-order valence-corrected chi connectivity index (χ0v) is 14.5. The van der Waals surface area contributed by atoms with Crippen molar-refractivity contribution < 1.29 is 5.21 Å². The summed E-state index contributed by atoms with van der Waals surface area (Å²) in [7, 11) is 0. The molecule has 0 fully saturated rings. The average Bonchev–Trinajstić information content (AvgIpc) is 2.42. The fourth-order valence-corrected chi connectivity index (χ4v) is 2.52. The first kappa shape index (κ1) is 17.4. The van der Waals surface area contributed by atoms with Crippen molar-refractivity contribution in [3.63, 3.8) is 0 Å². The molecule has 1 aromatic carbocycles. The van der Waals surface area contributed by atoms with Crippen LogP contribution in [0.1, 0.15) is 26.7 Å². The Morgan fingerprint density at radius 1 is 1.40 bits per heavy atom. The zero-order valence-electron chi connectivity index (χ0n) is 11.4. The Labute approximate surface area is 137 Å². The van der Waals surface area contributed by atoms with Crippen LogP contribution in [0.3, 0.4) is 0 Å². The van der Waals surface area contributed by atoms with Gasteiger partial charge in [0, 0.05) is 16.4 Å². The molecule has 0 amide bonds. The first-order valence-corrected chi connectivity index (χ1v) is 7.70. The van der Waals surface area contributed by atoms with Gasteiger partial charge in [0.05, 0.1) is 15.7 Å². The van der Waals surface area contributed by atoms with E-state index in [2.05, 4.69) is 26.4 Å². The van der Waals surface area contributed by atoms with Crippen molar-refractivity contribution in [1.82, 2.24) is 0 Å². The van der Waals surface area contributed by atoms with E-state index < -0.39 is 0 Å². The highest BCUT2D eigenvalue weighted by Gasteiger charge is 2.22. The number of nitrogens with one attached hydrogen (secondary N) is 1. The first-order chi connectivity index (χ1) is 9.29. The molecule has 1 rings (SSSR count). The van der Waals surface area contributed by atoms with Gasteiger partial charge in [-0.15, -0.1) is 0 Å². The number of nitrogens with two attached hydrogens (primary N) is 1. The molecule has 1 aromatic rings. The molecule has 0 aliphatic heterocycles. The Hall–Kier alpha value is -0.650. The molecule has 0 saturated carbocycles. The van der Waals surface area contributed by atoms with Crippen molar-refractivity contribution in [2.24, 2.45) is 16.3 Å². The quantitative estimate of drug-likeness (QED) is 0.166. The van der Waals surface area contributed by atoms with Crippen LogP contribution in [0.2, 0.25) is 10.0 Å². The van der Waals surface area contributed by atoms with E-state index in [1.807, 2.05) is 26.0 Å². The number of amidine groups is 1. The van der Waals surface area contributed by atoms with Crippen molar-refractivity contribution in [2.75, 3.05) is 11.9 Å². The van der Waals surface area contributed by atoms with Crippen LogP contribution in [0.15, 0.2) is 21.8 Å². The van der Waals surface area contributed by atoms with E-state index in [4.69, 9.17) is 34.1 Å². The van der Waals surface area contributed by atoms with E-state index in [1.165, 1.54) is 0 Å². The fraction of sp³-hybridized carbons (Fsp3) is 0.462. The summed E-state index contributed by atoms with van der Waals surface area (Å²) in [6, 6.07) is 3.71. The summed E-state index contributed by atoms with van der Waals surface area (Å²) in [6.45, 7) is 4.59. The molecule has 20 heavy (non-hydrogen) atoms. The summed E-state index contributed by atoms with van der Waals surface area (Å²) in [5, 5.41) is 16.0. The van der Waals surface area contributed by atoms with Crippen LogP contribution in [0.4, 0.5) is 5.69 Å². The molecule has 0 heterocycles. The highest BCUT2D eigenvalue weighted by Crippen LogP contribution is 2.35. The standard InChI is InChI=1S/C13H18BrCl2N3O/c1-13(2,12(17)19-20)6-3-7-18-9-5-4-8(14)10(15)11(9)16/h4-5,18,20H,3,6-7H2,1-2H3,(H2,17,19). The second-order valence-electron chi connectivity index (χ2n) is 5.12. The molecule has 0 aromatic heterocycles. The Bertz CT molecular complexity index is 507. The van der Waals surface area contributed by atoms with Gasteiger partial charge in [-0.3, -0.25) is 0 Å². The molecule has 0 radical (unpaired) electrons. The Morgan fingerprint density at radius 3 is 2.65 bits per heavy atom. The Kier molecular flexibility index (Phi) is 6.43. The predicted octanol–water partition coefficient (Wildman–Crippen LogP) is 4.72. The van der Waals surface area contributed by atoms with Gasteiger partial charge in [-0.1, -0.05) is 42.2 Å². The lowest BCUT2D eigenvalue weighted by atomic mass is 9.86. The third kappa shape index (κ3) is 4.43. The summed E-state index contributed by atoms with van der Waals surface area (Å²) in [5.41, 5.74) is 6.10. The molecule has 0 saturated heterocycles. The molecular formula is C13H18BrCl2N3O. The molecule has 0 spiro atoms. The van der Waals surface area contributed by atoms with Crippen LogP contribution in [0.5, 0.6) is 0 Å². The van der Waals surface area contributed by atoms with Gasteiger partial charge in [0.25, 0.3) is 0 Å². The zero-order chi connectivity index (χ0) is 15.3. The summed E-state index contributed by atoms with van der Waals surface area (Å²) >= 11 is 15.5. The van der Waals surface area contributed by atoms with E-state index in [1.54, 1.807) is 0 Å². The smallest absolute Gasteiger partial charge is 0.144 e. The highest BCUT2D eigenvalue weighted by molar-refractivity contribution is 9.10. The van der Waals surface area contributed by atoms with E-state index >= 15 is 0 Å². The third-order valence-electron chi connectivity index (χ3n) is 3.13. The van der Waals surface area contributed by atoms with E-state index in [0.717, 1.165) is 29.5 Å². The Balaban J connectivity index is 2.52. The summed E-state index contributed by atoms with van der Waals surface area (Å²) in [4.78, 5) is 0. The number of benzene rings is 1. The van der Waals surface area contributed by atoms with Crippen molar-refractivity contribution in [3.8, 4) is 0 Å². The Morgan fingerprint density at radius 2 is 2.05 bits per heavy atom. The van der Waals surface area contributed by atoms with Gasteiger partial charge in [-0.05, 0) is 40.9 Å². The third-order valence-corrected chi connectivity index (χ3v) is 4.90. The van der Waals surface area contributed by atoms with Gasteiger partial charge in [-0.2, -0.15) is 0 Å². The molecule has 4 N–H and O–H groups in total.